The molecule has 1 rings (SSSR count). The van der Waals surface area contributed by atoms with Gasteiger partial charge in [0.05, 0.1) is 19.4 Å². The van der Waals surface area contributed by atoms with Crippen molar-refractivity contribution >= 4 is 95.3 Å². The summed E-state index contributed by atoms with van der Waals surface area (Å²) in [5, 5.41) is 9.16. The fourth-order valence-corrected chi connectivity index (χ4v) is 2.58. The van der Waals surface area contributed by atoms with Crippen LogP contribution in [0.2, 0.25) is 0 Å². The van der Waals surface area contributed by atoms with Gasteiger partial charge in [0.15, 0.2) is 0 Å². The third-order valence-electron chi connectivity index (χ3n) is 3.93. The predicted octanol–water partition coefficient (Wildman–Crippen LogP) is -4.35. The molecule has 0 unspecified atom stereocenters. The fourth-order valence-electron chi connectivity index (χ4n) is 2.58. The maximum Gasteiger partial charge on any atom is 0.307 e. The Bertz CT molecular complexity index is 576. The molecule has 0 aliphatic rings. The molecule has 0 heterocycles. The van der Waals surface area contributed by atoms with E-state index in [1.54, 1.807) is 6.92 Å². The van der Waals surface area contributed by atoms with Gasteiger partial charge in [-0.3, -0.25) is 4.79 Å². The van der Waals surface area contributed by atoms with Crippen molar-refractivity contribution in [2.75, 3.05) is 0 Å². The summed E-state index contributed by atoms with van der Waals surface area (Å²) in [5.41, 5.74) is 3.37. The highest BCUT2D eigenvalue weighted by Gasteiger charge is 2.27. The standard InChI is InChI=1S/C10H9B10O2/c1-4-5(2)9(18(13)17-12)10(19(14)20(15)16)6(8(4)11)3-7(21)22/h3H2,1-2H3,(H,21,22). The molecule has 0 fully saturated rings. The SMILES string of the molecule is [B][B]B([B])c1c(C)c(C)c([B])c(CC(=O)O)c1B([B])B([B])[B]. The Morgan fingerprint density at radius 2 is 1.68 bits per heavy atom. The van der Waals surface area contributed by atoms with Crippen molar-refractivity contribution in [2.45, 2.75) is 20.3 Å². The molecule has 0 aliphatic heterocycles. The lowest BCUT2D eigenvalue weighted by Crippen LogP contribution is -2.62. The van der Waals surface area contributed by atoms with E-state index in [0.717, 1.165) is 11.1 Å². The Hall–Kier alpha value is -0.661. The van der Waals surface area contributed by atoms with Crippen LogP contribution in [0.15, 0.2) is 0 Å². The Morgan fingerprint density at radius 3 is 2.09 bits per heavy atom. The molecule has 0 saturated heterocycles. The average Bonchev–Trinajstić information content (AvgIpc) is 2.45. The first-order valence-electron chi connectivity index (χ1n) is 6.83. The second-order valence-electron chi connectivity index (χ2n) is 5.36. The molecule has 0 atom stereocenters. The summed E-state index contributed by atoms with van der Waals surface area (Å²) < 4.78 is 0. The van der Waals surface area contributed by atoms with E-state index in [0.29, 0.717) is 22.0 Å². The summed E-state index contributed by atoms with van der Waals surface area (Å²) >= 11 is 0. The zero-order valence-corrected chi connectivity index (χ0v) is 12.8. The lowest BCUT2D eigenvalue weighted by molar-refractivity contribution is -0.136. The van der Waals surface area contributed by atoms with Crippen LogP contribution in [0.3, 0.4) is 0 Å². The van der Waals surface area contributed by atoms with Crippen molar-refractivity contribution in [2.24, 2.45) is 0 Å². The van der Waals surface area contributed by atoms with Crippen LogP contribution in [-0.2, 0) is 11.2 Å². The van der Waals surface area contributed by atoms with Crippen molar-refractivity contribution in [3.63, 3.8) is 0 Å². The zero-order valence-electron chi connectivity index (χ0n) is 12.8. The number of aliphatic carboxylic acids is 1. The van der Waals surface area contributed by atoms with E-state index < -0.39 is 25.3 Å². The topological polar surface area (TPSA) is 37.3 Å². The Balaban J connectivity index is 3.80. The number of carboxylic acid groups (broad SMARTS) is 1. The number of carboxylic acids is 1. The molecule has 0 saturated carbocycles. The van der Waals surface area contributed by atoms with E-state index in [4.69, 9.17) is 51.6 Å². The van der Waals surface area contributed by atoms with Crippen molar-refractivity contribution in [3.05, 3.63) is 16.7 Å². The van der Waals surface area contributed by atoms with Gasteiger partial charge in [-0.25, -0.2) is 0 Å². The van der Waals surface area contributed by atoms with E-state index in [9.17, 15) is 4.79 Å². The normalized spacial score (nSPS) is 10.1. The van der Waals surface area contributed by atoms with E-state index in [2.05, 4.69) is 0 Å². The van der Waals surface area contributed by atoms with Crippen molar-refractivity contribution in [1.29, 1.82) is 0 Å². The molecule has 13 radical (unpaired) electrons. The molecule has 1 aromatic carbocycles. The first-order chi connectivity index (χ1) is 10.1. The van der Waals surface area contributed by atoms with Crippen molar-refractivity contribution in [1.82, 2.24) is 0 Å². The molecule has 0 bridgehead atoms. The van der Waals surface area contributed by atoms with Gasteiger partial charge >= 0.3 is 5.97 Å². The molecule has 0 aliphatic carbocycles. The maximum atomic E-state index is 11.2. The smallest absolute Gasteiger partial charge is 0.307 e. The van der Waals surface area contributed by atoms with Gasteiger partial charge in [-0.1, -0.05) is 22.2 Å². The van der Waals surface area contributed by atoms with Crippen molar-refractivity contribution in [3.8, 4) is 0 Å². The largest absolute Gasteiger partial charge is 0.481 e. The lowest BCUT2D eigenvalue weighted by Gasteiger charge is -2.30. The molecule has 12 heteroatoms. The van der Waals surface area contributed by atoms with E-state index in [1.807, 2.05) is 6.92 Å². The minimum Gasteiger partial charge on any atom is -0.481 e. The van der Waals surface area contributed by atoms with Crippen LogP contribution >= 0.6 is 0 Å². The maximum absolute atomic E-state index is 11.2. The van der Waals surface area contributed by atoms with Crippen LogP contribution in [0.5, 0.6) is 0 Å². The highest BCUT2D eigenvalue weighted by atomic mass is 16.4. The van der Waals surface area contributed by atoms with Gasteiger partial charge in [0.25, 0.3) is 0 Å². The van der Waals surface area contributed by atoms with Gasteiger partial charge in [-0.05, 0) is 13.8 Å². The Kier molecular flexibility index (Phi) is 6.83. The average molecular weight is 269 g/mol. The summed E-state index contributed by atoms with van der Waals surface area (Å²) in [6.07, 6.45) is -1.19. The third kappa shape index (κ3) is 3.81. The van der Waals surface area contributed by atoms with Gasteiger partial charge in [-0.2, -0.15) is 0 Å². The minimum absolute atomic E-state index is 0.299. The highest BCUT2D eigenvalue weighted by Crippen LogP contribution is 2.06. The molecular formula is C10H9B10O2. The van der Waals surface area contributed by atoms with Gasteiger partial charge < -0.3 is 5.11 Å². The number of hydrogen-bond donors (Lipinski definition) is 1. The van der Waals surface area contributed by atoms with Crippen LogP contribution < -0.4 is 16.4 Å². The number of rotatable bonds is 6. The van der Waals surface area contributed by atoms with E-state index in [-0.39, 0.29) is 6.42 Å². The Labute approximate surface area is 142 Å². The summed E-state index contributed by atoms with van der Waals surface area (Å²) in [7, 11) is 36.5. The minimum atomic E-state index is -1.04. The molecule has 22 heavy (non-hydrogen) atoms. The number of carbonyl (C=O) groups is 1. The zero-order chi connectivity index (χ0) is 17.2. The molecule has 91 valence electrons. The first-order valence-corrected chi connectivity index (χ1v) is 6.83. The van der Waals surface area contributed by atoms with Crippen LogP contribution in [0.1, 0.15) is 16.7 Å². The summed E-state index contributed by atoms with van der Waals surface area (Å²) in [6, 6.07) is 0. The third-order valence-corrected chi connectivity index (χ3v) is 3.93. The molecule has 2 nitrogen and oxygen atoms in total. The van der Waals surface area contributed by atoms with Crippen LogP contribution in [0.4, 0.5) is 0 Å². The van der Waals surface area contributed by atoms with Gasteiger partial charge in [0.2, 0.25) is 0 Å². The molecule has 1 N–H and O–H groups in total. The van der Waals surface area contributed by atoms with Crippen LogP contribution in [0.25, 0.3) is 0 Å². The van der Waals surface area contributed by atoms with Gasteiger partial charge in [0, 0.05) is 52.1 Å². The quantitative estimate of drug-likeness (QED) is 0.530. The summed E-state index contributed by atoms with van der Waals surface area (Å²) in [4.78, 5) is 11.2. The summed E-state index contributed by atoms with van der Waals surface area (Å²) in [5.74, 6) is -1.04. The van der Waals surface area contributed by atoms with Crippen molar-refractivity contribution < 1.29 is 9.90 Å². The highest BCUT2D eigenvalue weighted by molar-refractivity contribution is 7.70. The van der Waals surface area contributed by atoms with Crippen LogP contribution in [0, 0.1) is 13.8 Å². The molecule has 1 aromatic rings. The van der Waals surface area contributed by atoms with Crippen LogP contribution in [-0.4, -0.2) is 84.0 Å². The fraction of sp³-hybridized carbons (Fsp3) is 0.300. The molecular weight excluding hydrogens is 260 g/mol. The Morgan fingerprint density at radius 1 is 1.14 bits per heavy atom. The van der Waals surface area contributed by atoms with Gasteiger partial charge in [-0.15, -0.1) is 10.9 Å². The monoisotopic (exact) mass is 271 g/mol. The molecule has 0 amide bonds. The number of hydrogen-bond acceptors (Lipinski definition) is 1. The first kappa shape index (κ1) is 19.4. The van der Waals surface area contributed by atoms with E-state index in [1.165, 1.54) is 7.06 Å². The second kappa shape index (κ2) is 7.75. The lowest BCUT2D eigenvalue weighted by atomic mass is 8.85. The van der Waals surface area contributed by atoms with E-state index >= 15 is 0 Å². The van der Waals surface area contributed by atoms with Gasteiger partial charge in [0.1, 0.15) is 7.85 Å². The predicted molar refractivity (Wildman–Crippen MR) is 104 cm³/mol. The molecule has 0 aromatic heterocycles. The number of benzene rings is 1. The molecule has 0 spiro atoms. The second-order valence-corrected chi connectivity index (χ2v) is 5.36. The summed E-state index contributed by atoms with van der Waals surface area (Å²) in [6.45, 7) is 2.18.